The SMILES string of the molecule is COc1ccc(Cl)cc1NC(=O)c1ccc2nncn2c1. The van der Waals surface area contributed by atoms with Gasteiger partial charge in [-0.2, -0.15) is 0 Å². The molecule has 0 aliphatic carbocycles. The molecule has 7 heteroatoms. The van der Waals surface area contributed by atoms with Crippen LogP contribution in [0, 0.1) is 0 Å². The zero-order chi connectivity index (χ0) is 14.8. The monoisotopic (exact) mass is 302 g/mol. The van der Waals surface area contributed by atoms with Gasteiger partial charge in [-0.1, -0.05) is 11.6 Å². The fourth-order valence-electron chi connectivity index (χ4n) is 1.93. The summed E-state index contributed by atoms with van der Waals surface area (Å²) >= 11 is 5.94. The van der Waals surface area contributed by atoms with E-state index in [9.17, 15) is 4.79 Å². The van der Waals surface area contributed by atoms with Gasteiger partial charge in [-0.3, -0.25) is 9.20 Å². The van der Waals surface area contributed by atoms with E-state index in [1.54, 1.807) is 40.9 Å². The molecule has 21 heavy (non-hydrogen) atoms. The Balaban J connectivity index is 1.90. The Morgan fingerprint density at radius 3 is 3.00 bits per heavy atom. The Labute approximate surface area is 125 Å². The second-order valence-corrected chi connectivity index (χ2v) is 4.75. The number of fused-ring (bicyclic) bond motifs is 1. The molecule has 2 heterocycles. The number of aromatic nitrogens is 3. The Kier molecular flexibility index (Phi) is 3.45. The van der Waals surface area contributed by atoms with Gasteiger partial charge in [-0.15, -0.1) is 10.2 Å². The molecule has 106 valence electrons. The highest BCUT2D eigenvalue weighted by molar-refractivity contribution is 6.31. The molecule has 0 unspecified atom stereocenters. The number of rotatable bonds is 3. The fraction of sp³-hybridized carbons (Fsp3) is 0.0714. The van der Waals surface area contributed by atoms with Crippen LogP contribution in [-0.4, -0.2) is 27.6 Å². The summed E-state index contributed by atoms with van der Waals surface area (Å²) in [7, 11) is 1.53. The number of nitrogens with one attached hydrogen (secondary N) is 1. The maximum Gasteiger partial charge on any atom is 0.257 e. The van der Waals surface area contributed by atoms with Crippen molar-refractivity contribution >= 4 is 28.8 Å². The van der Waals surface area contributed by atoms with Crippen LogP contribution in [0.2, 0.25) is 5.02 Å². The van der Waals surface area contributed by atoms with Crippen LogP contribution in [0.25, 0.3) is 5.65 Å². The second-order valence-electron chi connectivity index (χ2n) is 4.31. The Hall–Kier alpha value is -2.60. The Morgan fingerprint density at radius 2 is 2.19 bits per heavy atom. The van der Waals surface area contributed by atoms with Gasteiger partial charge >= 0.3 is 0 Å². The lowest BCUT2D eigenvalue weighted by molar-refractivity contribution is 0.102. The number of amides is 1. The molecule has 0 aliphatic rings. The normalized spacial score (nSPS) is 10.6. The van der Waals surface area contributed by atoms with E-state index in [2.05, 4.69) is 15.5 Å². The standard InChI is InChI=1S/C14H11ClN4O2/c1-21-12-4-3-10(15)6-11(12)17-14(20)9-2-5-13-18-16-8-19(13)7-9/h2-8H,1H3,(H,17,20). The first-order valence-corrected chi connectivity index (χ1v) is 6.49. The average Bonchev–Trinajstić information content (AvgIpc) is 2.94. The number of benzene rings is 1. The minimum Gasteiger partial charge on any atom is -0.495 e. The minimum absolute atomic E-state index is 0.272. The van der Waals surface area contributed by atoms with Crippen molar-refractivity contribution in [3.8, 4) is 5.75 Å². The molecule has 3 rings (SSSR count). The molecule has 1 N–H and O–H groups in total. The smallest absolute Gasteiger partial charge is 0.257 e. The van der Waals surface area contributed by atoms with Crippen molar-refractivity contribution in [2.45, 2.75) is 0 Å². The maximum absolute atomic E-state index is 12.3. The number of carbonyl (C=O) groups is 1. The third-order valence-corrected chi connectivity index (χ3v) is 3.20. The van der Waals surface area contributed by atoms with Gasteiger partial charge < -0.3 is 10.1 Å². The largest absolute Gasteiger partial charge is 0.495 e. The molecule has 3 aromatic rings. The first-order valence-electron chi connectivity index (χ1n) is 6.11. The van der Waals surface area contributed by atoms with E-state index in [0.717, 1.165) is 0 Å². The molecule has 0 bridgehead atoms. The number of halogens is 1. The van der Waals surface area contributed by atoms with Crippen molar-refractivity contribution in [2.75, 3.05) is 12.4 Å². The predicted octanol–water partition coefficient (Wildman–Crippen LogP) is 2.64. The van der Waals surface area contributed by atoms with Crippen molar-refractivity contribution in [2.24, 2.45) is 0 Å². The van der Waals surface area contributed by atoms with Crippen molar-refractivity contribution in [3.05, 3.63) is 53.4 Å². The molecule has 0 radical (unpaired) electrons. The van der Waals surface area contributed by atoms with Gasteiger partial charge in [-0.25, -0.2) is 0 Å². The van der Waals surface area contributed by atoms with Crippen molar-refractivity contribution < 1.29 is 9.53 Å². The lowest BCUT2D eigenvalue weighted by Gasteiger charge is -2.10. The highest BCUT2D eigenvalue weighted by Crippen LogP contribution is 2.28. The van der Waals surface area contributed by atoms with E-state index < -0.39 is 0 Å². The minimum atomic E-state index is -0.272. The van der Waals surface area contributed by atoms with Gasteiger partial charge in [0, 0.05) is 11.2 Å². The van der Waals surface area contributed by atoms with Crippen LogP contribution in [0.3, 0.4) is 0 Å². The van der Waals surface area contributed by atoms with E-state index in [1.165, 1.54) is 13.4 Å². The van der Waals surface area contributed by atoms with E-state index >= 15 is 0 Å². The number of methoxy groups -OCH3 is 1. The molecule has 6 nitrogen and oxygen atoms in total. The zero-order valence-corrected chi connectivity index (χ0v) is 11.8. The molecule has 0 saturated carbocycles. The summed E-state index contributed by atoms with van der Waals surface area (Å²) < 4.78 is 6.87. The maximum atomic E-state index is 12.3. The average molecular weight is 303 g/mol. The summed E-state index contributed by atoms with van der Waals surface area (Å²) in [4.78, 5) is 12.3. The van der Waals surface area contributed by atoms with Gasteiger partial charge in [0.1, 0.15) is 12.1 Å². The van der Waals surface area contributed by atoms with Crippen LogP contribution in [0.4, 0.5) is 5.69 Å². The molecule has 0 saturated heterocycles. The van der Waals surface area contributed by atoms with E-state index in [4.69, 9.17) is 16.3 Å². The molecule has 0 spiro atoms. The van der Waals surface area contributed by atoms with Crippen molar-refractivity contribution in [1.82, 2.24) is 14.6 Å². The molecule has 2 aromatic heterocycles. The number of ether oxygens (including phenoxy) is 1. The van der Waals surface area contributed by atoms with Gasteiger partial charge in [0.05, 0.1) is 18.4 Å². The molecule has 0 fully saturated rings. The van der Waals surface area contributed by atoms with Crippen LogP contribution in [-0.2, 0) is 0 Å². The summed E-state index contributed by atoms with van der Waals surface area (Å²) in [6.07, 6.45) is 3.19. The summed E-state index contributed by atoms with van der Waals surface area (Å²) in [6.45, 7) is 0. The second kappa shape index (κ2) is 5.41. The highest BCUT2D eigenvalue weighted by atomic mass is 35.5. The van der Waals surface area contributed by atoms with Gasteiger partial charge in [0.2, 0.25) is 0 Å². The Bertz CT molecular complexity index is 816. The van der Waals surface area contributed by atoms with E-state index in [0.29, 0.717) is 27.7 Å². The topological polar surface area (TPSA) is 68.5 Å². The van der Waals surface area contributed by atoms with E-state index in [-0.39, 0.29) is 5.91 Å². The summed E-state index contributed by atoms with van der Waals surface area (Å²) in [5, 5.41) is 10.9. The fourth-order valence-corrected chi connectivity index (χ4v) is 2.11. The highest BCUT2D eigenvalue weighted by Gasteiger charge is 2.11. The Morgan fingerprint density at radius 1 is 1.33 bits per heavy atom. The number of pyridine rings is 1. The first kappa shape index (κ1) is 13.4. The van der Waals surface area contributed by atoms with Crippen LogP contribution in [0.15, 0.2) is 42.9 Å². The molecular formula is C14H11ClN4O2. The van der Waals surface area contributed by atoms with Gasteiger partial charge in [0.15, 0.2) is 5.65 Å². The molecule has 1 amide bonds. The van der Waals surface area contributed by atoms with Crippen LogP contribution < -0.4 is 10.1 Å². The van der Waals surface area contributed by atoms with Crippen LogP contribution in [0.1, 0.15) is 10.4 Å². The number of nitrogens with zero attached hydrogens (tertiary/aromatic N) is 3. The lowest BCUT2D eigenvalue weighted by atomic mass is 10.2. The van der Waals surface area contributed by atoms with Crippen molar-refractivity contribution in [3.63, 3.8) is 0 Å². The van der Waals surface area contributed by atoms with Crippen LogP contribution in [0.5, 0.6) is 5.75 Å². The third-order valence-electron chi connectivity index (χ3n) is 2.96. The predicted molar refractivity (Wildman–Crippen MR) is 78.9 cm³/mol. The van der Waals surface area contributed by atoms with Gasteiger partial charge in [-0.05, 0) is 30.3 Å². The van der Waals surface area contributed by atoms with Crippen molar-refractivity contribution in [1.29, 1.82) is 0 Å². The lowest BCUT2D eigenvalue weighted by Crippen LogP contribution is -2.13. The number of carbonyl (C=O) groups excluding carboxylic acids is 1. The van der Waals surface area contributed by atoms with E-state index in [1.807, 2.05) is 0 Å². The number of hydrogen-bond acceptors (Lipinski definition) is 4. The molecule has 0 aliphatic heterocycles. The van der Waals surface area contributed by atoms with Gasteiger partial charge in [0.25, 0.3) is 5.91 Å². The molecule has 0 atom stereocenters. The number of anilines is 1. The third kappa shape index (κ3) is 2.66. The summed E-state index contributed by atoms with van der Waals surface area (Å²) in [5.74, 6) is 0.268. The summed E-state index contributed by atoms with van der Waals surface area (Å²) in [5.41, 5.74) is 1.66. The quantitative estimate of drug-likeness (QED) is 0.807. The molecule has 1 aromatic carbocycles. The van der Waals surface area contributed by atoms with Crippen LogP contribution >= 0.6 is 11.6 Å². The zero-order valence-electron chi connectivity index (χ0n) is 11.1. The number of hydrogen-bond donors (Lipinski definition) is 1. The molecular weight excluding hydrogens is 292 g/mol. The first-order chi connectivity index (χ1) is 10.2. The summed E-state index contributed by atoms with van der Waals surface area (Å²) in [6, 6.07) is 8.42.